The third-order valence-electron chi connectivity index (χ3n) is 5.35. The second-order valence-electron chi connectivity index (χ2n) is 7.65. The lowest BCUT2D eigenvalue weighted by atomic mass is 10.1. The van der Waals surface area contributed by atoms with Crippen molar-refractivity contribution in [2.75, 3.05) is 38.2 Å². The van der Waals surface area contributed by atoms with Gasteiger partial charge in [0.25, 0.3) is 0 Å². The van der Waals surface area contributed by atoms with Crippen LogP contribution in [-0.2, 0) is 16.7 Å². The minimum atomic E-state index is -3.94. The van der Waals surface area contributed by atoms with Crippen LogP contribution in [0.25, 0.3) is 0 Å². The molecule has 0 N–H and O–H groups in total. The Bertz CT molecular complexity index is 1150. The zero-order valence-electron chi connectivity index (χ0n) is 18.1. The minimum absolute atomic E-state index is 0.106. The third-order valence-corrected chi connectivity index (χ3v) is 6.60. The number of hydrogen-bond acceptors (Lipinski definition) is 8. The van der Waals surface area contributed by atoms with E-state index in [-0.39, 0.29) is 10.6 Å². The van der Waals surface area contributed by atoms with Gasteiger partial charge in [-0.05, 0) is 42.8 Å². The number of anilines is 1. The van der Waals surface area contributed by atoms with Gasteiger partial charge in [0.1, 0.15) is 4.90 Å². The van der Waals surface area contributed by atoms with Gasteiger partial charge >= 0.3 is 10.1 Å². The summed E-state index contributed by atoms with van der Waals surface area (Å²) in [6.45, 7) is 6.06. The molecule has 0 radical (unpaired) electrons. The number of aryl methyl sites for hydroxylation is 1. The SMILES string of the molecule is COc1cc(CN2CCN(c3ncccn3)CC2)ccc1OS(=O)(=O)c1ccc(C)cc1. The van der Waals surface area contributed by atoms with E-state index >= 15 is 0 Å². The van der Waals surface area contributed by atoms with Crippen molar-refractivity contribution in [3.05, 3.63) is 72.1 Å². The molecule has 8 nitrogen and oxygen atoms in total. The van der Waals surface area contributed by atoms with Crippen molar-refractivity contribution in [1.29, 1.82) is 0 Å². The highest BCUT2D eigenvalue weighted by atomic mass is 32.2. The molecule has 1 aliphatic heterocycles. The minimum Gasteiger partial charge on any atom is -0.493 e. The molecule has 0 saturated carbocycles. The molecule has 0 atom stereocenters. The molecule has 1 fully saturated rings. The van der Waals surface area contributed by atoms with Gasteiger partial charge in [-0.1, -0.05) is 23.8 Å². The third kappa shape index (κ3) is 5.17. The van der Waals surface area contributed by atoms with Crippen molar-refractivity contribution in [2.45, 2.75) is 18.4 Å². The lowest BCUT2D eigenvalue weighted by Crippen LogP contribution is -2.46. The Morgan fingerprint density at radius 2 is 1.62 bits per heavy atom. The van der Waals surface area contributed by atoms with Gasteiger partial charge in [-0.25, -0.2) is 9.97 Å². The van der Waals surface area contributed by atoms with Crippen molar-refractivity contribution in [1.82, 2.24) is 14.9 Å². The Kier molecular flexibility index (Phi) is 6.57. The Balaban J connectivity index is 1.41. The summed E-state index contributed by atoms with van der Waals surface area (Å²) in [6, 6.07) is 13.7. The fraction of sp³-hybridized carbons (Fsp3) is 0.304. The van der Waals surface area contributed by atoms with Gasteiger partial charge in [0.05, 0.1) is 7.11 Å². The zero-order chi connectivity index (χ0) is 22.6. The van der Waals surface area contributed by atoms with E-state index in [1.54, 1.807) is 30.6 Å². The normalized spacial score (nSPS) is 14.9. The molecule has 4 rings (SSSR count). The molecular weight excluding hydrogens is 428 g/mol. The molecule has 1 aromatic heterocycles. The molecule has 2 aromatic carbocycles. The molecule has 0 spiro atoms. The van der Waals surface area contributed by atoms with Gasteiger partial charge < -0.3 is 13.8 Å². The predicted molar refractivity (Wildman–Crippen MR) is 122 cm³/mol. The second-order valence-corrected chi connectivity index (χ2v) is 9.19. The maximum atomic E-state index is 12.6. The van der Waals surface area contributed by atoms with E-state index in [1.165, 1.54) is 19.2 Å². The fourth-order valence-electron chi connectivity index (χ4n) is 3.57. The number of ether oxygens (including phenoxy) is 1. The number of methoxy groups -OCH3 is 1. The average molecular weight is 455 g/mol. The standard InChI is InChI=1S/C23H26N4O4S/c1-18-4-7-20(8-5-18)32(28,29)31-21-9-6-19(16-22(21)30-2)17-26-12-14-27(15-13-26)23-24-10-3-11-25-23/h3-11,16H,12-15,17H2,1-2H3. The van der Waals surface area contributed by atoms with Crippen LogP contribution in [0.1, 0.15) is 11.1 Å². The fourth-order valence-corrected chi connectivity index (χ4v) is 4.51. The molecule has 9 heteroatoms. The summed E-state index contributed by atoms with van der Waals surface area (Å²) in [4.78, 5) is 13.2. The Hall–Kier alpha value is -3.17. The van der Waals surface area contributed by atoms with Gasteiger partial charge in [0.15, 0.2) is 11.5 Å². The second kappa shape index (κ2) is 9.54. The summed E-state index contributed by atoms with van der Waals surface area (Å²) in [5.41, 5.74) is 1.99. The van der Waals surface area contributed by atoms with Crippen molar-refractivity contribution in [2.24, 2.45) is 0 Å². The summed E-state index contributed by atoms with van der Waals surface area (Å²) >= 11 is 0. The average Bonchev–Trinajstić information content (AvgIpc) is 2.81. The molecule has 0 bridgehead atoms. The summed E-state index contributed by atoms with van der Waals surface area (Å²) in [6.07, 6.45) is 3.51. The number of aromatic nitrogens is 2. The molecule has 1 saturated heterocycles. The van der Waals surface area contributed by atoms with E-state index < -0.39 is 10.1 Å². The molecule has 0 unspecified atom stereocenters. The van der Waals surface area contributed by atoms with Crippen LogP contribution in [0.15, 0.2) is 65.8 Å². The highest BCUT2D eigenvalue weighted by molar-refractivity contribution is 7.87. The number of benzene rings is 2. The highest BCUT2D eigenvalue weighted by Crippen LogP contribution is 2.31. The largest absolute Gasteiger partial charge is 0.493 e. The van der Waals surface area contributed by atoms with Crippen LogP contribution >= 0.6 is 0 Å². The van der Waals surface area contributed by atoms with Gasteiger partial charge in [0, 0.05) is 45.1 Å². The topological polar surface area (TPSA) is 84.9 Å². The van der Waals surface area contributed by atoms with Crippen molar-refractivity contribution < 1.29 is 17.3 Å². The molecule has 2 heterocycles. The number of hydrogen-bond donors (Lipinski definition) is 0. The van der Waals surface area contributed by atoms with E-state index in [0.29, 0.717) is 5.75 Å². The summed E-state index contributed by atoms with van der Waals surface area (Å²) in [5, 5.41) is 0. The molecule has 3 aromatic rings. The van der Waals surface area contributed by atoms with Crippen LogP contribution in [-0.4, -0.2) is 56.6 Å². The summed E-state index contributed by atoms with van der Waals surface area (Å²) < 4.78 is 36.0. The van der Waals surface area contributed by atoms with Crippen molar-refractivity contribution in [3.63, 3.8) is 0 Å². The highest BCUT2D eigenvalue weighted by Gasteiger charge is 2.21. The van der Waals surface area contributed by atoms with Crippen LogP contribution in [0.4, 0.5) is 5.95 Å². The van der Waals surface area contributed by atoms with Crippen LogP contribution < -0.4 is 13.8 Å². The smallest absolute Gasteiger partial charge is 0.339 e. The first-order chi connectivity index (χ1) is 15.4. The zero-order valence-corrected chi connectivity index (χ0v) is 19.0. The van der Waals surface area contributed by atoms with E-state index in [1.807, 2.05) is 25.1 Å². The van der Waals surface area contributed by atoms with Crippen LogP contribution in [0.3, 0.4) is 0 Å². The Morgan fingerprint density at radius 1 is 0.938 bits per heavy atom. The van der Waals surface area contributed by atoms with Gasteiger partial charge in [-0.3, -0.25) is 4.90 Å². The van der Waals surface area contributed by atoms with Crippen molar-refractivity contribution >= 4 is 16.1 Å². The Labute approximate surface area is 188 Å². The molecule has 32 heavy (non-hydrogen) atoms. The van der Waals surface area contributed by atoms with E-state index in [9.17, 15) is 8.42 Å². The van der Waals surface area contributed by atoms with E-state index in [2.05, 4.69) is 19.8 Å². The van der Waals surface area contributed by atoms with E-state index in [4.69, 9.17) is 8.92 Å². The first kappa shape index (κ1) is 22.0. The maximum Gasteiger partial charge on any atom is 0.339 e. The molecule has 0 aliphatic carbocycles. The molecule has 1 aliphatic rings. The molecular formula is C23H26N4O4S. The van der Waals surface area contributed by atoms with Gasteiger partial charge in [-0.15, -0.1) is 0 Å². The first-order valence-corrected chi connectivity index (χ1v) is 11.8. The quantitative estimate of drug-likeness (QED) is 0.504. The summed E-state index contributed by atoms with van der Waals surface area (Å²) in [5.74, 6) is 1.31. The number of nitrogens with zero attached hydrogens (tertiary/aromatic N) is 4. The van der Waals surface area contributed by atoms with Crippen LogP contribution in [0.2, 0.25) is 0 Å². The first-order valence-electron chi connectivity index (χ1n) is 10.4. The maximum absolute atomic E-state index is 12.6. The lowest BCUT2D eigenvalue weighted by Gasteiger charge is -2.34. The number of piperazine rings is 1. The van der Waals surface area contributed by atoms with Crippen molar-refractivity contribution in [3.8, 4) is 11.5 Å². The van der Waals surface area contributed by atoms with Crippen LogP contribution in [0.5, 0.6) is 11.5 Å². The molecule has 0 amide bonds. The van der Waals surface area contributed by atoms with Crippen LogP contribution in [0, 0.1) is 6.92 Å². The summed E-state index contributed by atoms with van der Waals surface area (Å²) in [7, 11) is -2.44. The Morgan fingerprint density at radius 3 is 2.28 bits per heavy atom. The van der Waals surface area contributed by atoms with E-state index in [0.717, 1.165) is 49.8 Å². The monoisotopic (exact) mass is 454 g/mol. The van der Waals surface area contributed by atoms with Gasteiger partial charge in [-0.2, -0.15) is 8.42 Å². The van der Waals surface area contributed by atoms with Gasteiger partial charge in [0.2, 0.25) is 5.95 Å². The predicted octanol–water partition coefficient (Wildman–Crippen LogP) is 2.88. The lowest BCUT2D eigenvalue weighted by molar-refractivity contribution is 0.248. The molecule has 168 valence electrons. The number of rotatable bonds is 7.